The zero-order chi connectivity index (χ0) is 13.8. The molecule has 0 saturated heterocycles. The lowest BCUT2D eigenvalue weighted by molar-refractivity contribution is 0.385. The molecule has 0 radical (unpaired) electrons. The Hall–Kier alpha value is -1.34. The molecular weight excluding hydrogens is 261 g/mol. The summed E-state index contributed by atoms with van der Waals surface area (Å²) in [6.45, 7) is 1.97. The molecule has 2 N–H and O–H groups in total. The number of nitrogens with one attached hydrogen (secondary N) is 1. The van der Waals surface area contributed by atoms with Gasteiger partial charge in [0, 0.05) is 18.3 Å². The normalized spacial score (nSPS) is 11.3. The first-order chi connectivity index (χ1) is 8.33. The van der Waals surface area contributed by atoms with Gasteiger partial charge in [-0.3, -0.25) is 4.55 Å². The Balaban J connectivity index is 2.60. The molecule has 0 unspecified atom stereocenters. The van der Waals surface area contributed by atoms with Gasteiger partial charge in [-0.15, -0.1) is 0 Å². The lowest BCUT2D eigenvalue weighted by Gasteiger charge is -2.10. The van der Waals surface area contributed by atoms with Gasteiger partial charge >= 0.3 is 0 Å². The van der Waals surface area contributed by atoms with Gasteiger partial charge in [0.25, 0.3) is 10.1 Å². The van der Waals surface area contributed by atoms with Crippen LogP contribution in [0.5, 0.6) is 5.75 Å². The molecule has 1 aromatic rings. The molecule has 0 aliphatic carbocycles. The van der Waals surface area contributed by atoms with Crippen LogP contribution in [0.2, 0.25) is 0 Å². The van der Waals surface area contributed by atoms with Crippen LogP contribution in [0.25, 0.3) is 0 Å². The third-order valence-electron chi connectivity index (χ3n) is 2.35. The van der Waals surface area contributed by atoms with E-state index >= 15 is 0 Å². The molecule has 102 valence electrons. The van der Waals surface area contributed by atoms with Crippen molar-refractivity contribution in [2.45, 2.75) is 13.3 Å². The third kappa shape index (κ3) is 4.50. The van der Waals surface area contributed by atoms with Crippen LogP contribution in [-0.2, 0) is 10.1 Å². The molecule has 0 amide bonds. The van der Waals surface area contributed by atoms with Crippen molar-refractivity contribution in [3.05, 3.63) is 23.5 Å². The number of benzene rings is 1. The van der Waals surface area contributed by atoms with Crippen LogP contribution in [0.4, 0.5) is 10.1 Å². The van der Waals surface area contributed by atoms with Crippen molar-refractivity contribution in [1.82, 2.24) is 0 Å². The highest BCUT2D eigenvalue weighted by atomic mass is 32.2. The number of hydrogen-bond acceptors (Lipinski definition) is 4. The number of aryl methyl sites for hydroxylation is 1. The van der Waals surface area contributed by atoms with Gasteiger partial charge in [-0.05, 0) is 25.0 Å². The molecule has 7 heteroatoms. The fourth-order valence-corrected chi connectivity index (χ4v) is 1.98. The van der Waals surface area contributed by atoms with Gasteiger partial charge in [0.15, 0.2) is 11.6 Å². The van der Waals surface area contributed by atoms with Gasteiger partial charge in [-0.1, -0.05) is 0 Å². The zero-order valence-corrected chi connectivity index (χ0v) is 11.1. The second-order valence-corrected chi connectivity index (χ2v) is 5.45. The highest BCUT2D eigenvalue weighted by molar-refractivity contribution is 7.85. The SMILES string of the molecule is COc1cc(NCCCS(=O)(=O)O)cc(C)c1F. The molecule has 0 spiro atoms. The van der Waals surface area contributed by atoms with Crippen molar-refractivity contribution in [2.75, 3.05) is 24.7 Å². The third-order valence-corrected chi connectivity index (χ3v) is 3.15. The number of hydrogen-bond donors (Lipinski definition) is 2. The van der Waals surface area contributed by atoms with Crippen LogP contribution in [-0.4, -0.2) is 32.4 Å². The molecule has 1 rings (SSSR count). The topological polar surface area (TPSA) is 75.6 Å². The molecule has 0 fully saturated rings. The van der Waals surface area contributed by atoms with E-state index in [1.165, 1.54) is 13.2 Å². The average molecular weight is 277 g/mol. The van der Waals surface area contributed by atoms with Gasteiger partial charge in [0.1, 0.15) is 0 Å². The molecule has 5 nitrogen and oxygen atoms in total. The van der Waals surface area contributed by atoms with Crippen LogP contribution >= 0.6 is 0 Å². The molecule has 0 bridgehead atoms. The Bertz CT molecular complexity index is 516. The Morgan fingerprint density at radius 1 is 1.44 bits per heavy atom. The molecule has 18 heavy (non-hydrogen) atoms. The number of halogens is 1. The Kier molecular flexibility index (Phi) is 4.92. The van der Waals surface area contributed by atoms with Crippen LogP contribution in [0, 0.1) is 12.7 Å². The van der Waals surface area contributed by atoms with Gasteiger partial charge in [0.2, 0.25) is 0 Å². The summed E-state index contributed by atoms with van der Waals surface area (Å²) in [5.74, 6) is -0.592. The Morgan fingerprint density at radius 3 is 2.67 bits per heavy atom. The zero-order valence-electron chi connectivity index (χ0n) is 10.2. The first-order valence-corrected chi connectivity index (χ1v) is 6.97. The lowest BCUT2D eigenvalue weighted by atomic mass is 10.2. The standard InChI is InChI=1S/C11H16FNO4S/c1-8-6-9(7-10(17-2)11(8)12)13-4-3-5-18(14,15)16/h6-7,13H,3-5H2,1-2H3,(H,14,15,16). The minimum absolute atomic E-state index is 0.132. The summed E-state index contributed by atoms with van der Waals surface area (Å²) in [4.78, 5) is 0. The first-order valence-electron chi connectivity index (χ1n) is 5.36. The number of methoxy groups -OCH3 is 1. The van der Waals surface area contributed by atoms with Crippen LogP contribution in [0.15, 0.2) is 12.1 Å². The summed E-state index contributed by atoms with van der Waals surface area (Å²) in [6.07, 6.45) is 0.261. The molecule has 0 atom stereocenters. The van der Waals surface area contributed by atoms with E-state index in [1.54, 1.807) is 13.0 Å². The van der Waals surface area contributed by atoms with Crippen LogP contribution < -0.4 is 10.1 Å². The molecule has 0 heterocycles. The molecule has 1 aromatic carbocycles. The summed E-state index contributed by atoms with van der Waals surface area (Å²) in [6, 6.07) is 3.10. The quantitative estimate of drug-likeness (QED) is 0.613. The van der Waals surface area contributed by atoms with Gasteiger partial charge in [0.05, 0.1) is 12.9 Å². The minimum Gasteiger partial charge on any atom is -0.494 e. The highest BCUT2D eigenvalue weighted by Crippen LogP contribution is 2.25. The average Bonchev–Trinajstić information content (AvgIpc) is 2.27. The van der Waals surface area contributed by atoms with Crippen molar-refractivity contribution >= 4 is 15.8 Å². The number of ether oxygens (including phenoxy) is 1. The number of anilines is 1. The predicted molar refractivity (Wildman–Crippen MR) is 67.2 cm³/mol. The fourth-order valence-electron chi connectivity index (χ4n) is 1.48. The maximum atomic E-state index is 13.5. The van der Waals surface area contributed by atoms with Crippen molar-refractivity contribution in [2.24, 2.45) is 0 Å². The molecular formula is C11H16FNO4S. The fraction of sp³-hybridized carbons (Fsp3) is 0.455. The van der Waals surface area contributed by atoms with E-state index in [0.29, 0.717) is 17.8 Å². The van der Waals surface area contributed by atoms with E-state index in [9.17, 15) is 12.8 Å². The second kappa shape index (κ2) is 6.01. The molecule has 0 aliphatic rings. The van der Waals surface area contributed by atoms with Crippen LogP contribution in [0.3, 0.4) is 0 Å². The summed E-state index contributed by atoms with van der Waals surface area (Å²) in [5.41, 5.74) is 1.08. The summed E-state index contributed by atoms with van der Waals surface area (Å²) in [7, 11) is -2.56. The molecule has 0 saturated carbocycles. The van der Waals surface area contributed by atoms with Crippen molar-refractivity contribution in [1.29, 1.82) is 0 Å². The van der Waals surface area contributed by atoms with E-state index in [4.69, 9.17) is 9.29 Å². The first kappa shape index (κ1) is 14.7. The Morgan fingerprint density at radius 2 is 2.11 bits per heavy atom. The van der Waals surface area contributed by atoms with E-state index in [-0.39, 0.29) is 17.9 Å². The summed E-state index contributed by atoms with van der Waals surface area (Å²) < 4.78 is 47.9. The van der Waals surface area contributed by atoms with E-state index in [0.717, 1.165) is 0 Å². The largest absolute Gasteiger partial charge is 0.494 e. The van der Waals surface area contributed by atoms with Crippen molar-refractivity contribution < 1.29 is 22.1 Å². The summed E-state index contributed by atoms with van der Waals surface area (Å²) in [5, 5.41) is 2.94. The highest BCUT2D eigenvalue weighted by Gasteiger charge is 2.08. The van der Waals surface area contributed by atoms with Gasteiger partial charge in [-0.2, -0.15) is 8.42 Å². The van der Waals surface area contributed by atoms with Gasteiger partial charge in [-0.25, -0.2) is 4.39 Å². The lowest BCUT2D eigenvalue weighted by Crippen LogP contribution is -2.10. The molecule has 0 aromatic heterocycles. The summed E-state index contributed by atoms with van der Waals surface area (Å²) >= 11 is 0. The predicted octanol–water partition coefficient (Wildman–Crippen LogP) is 1.83. The maximum absolute atomic E-state index is 13.5. The van der Waals surface area contributed by atoms with Crippen molar-refractivity contribution in [3.63, 3.8) is 0 Å². The Labute approximate surface area is 106 Å². The van der Waals surface area contributed by atoms with E-state index < -0.39 is 15.9 Å². The second-order valence-electron chi connectivity index (χ2n) is 3.88. The van der Waals surface area contributed by atoms with E-state index in [1.807, 2.05) is 0 Å². The molecule has 0 aliphatic heterocycles. The number of rotatable bonds is 6. The van der Waals surface area contributed by atoms with E-state index in [2.05, 4.69) is 5.32 Å². The van der Waals surface area contributed by atoms with Gasteiger partial charge < -0.3 is 10.1 Å². The van der Waals surface area contributed by atoms with Crippen LogP contribution in [0.1, 0.15) is 12.0 Å². The monoisotopic (exact) mass is 277 g/mol. The smallest absolute Gasteiger partial charge is 0.264 e. The maximum Gasteiger partial charge on any atom is 0.264 e. The van der Waals surface area contributed by atoms with Crippen molar-refractivity contribution in [3.8, 4) is 5.75 Å². The minimum atomic E-state index is -3.93.